The molecule has 0 saturated carbocycles. The van der Waals surface area contributed by atoms with E-state index in [2.05, 4.69) is 24.3 Å². The molecule has 1 fully saturated rings. The van der Waals surface area contributed by atoms with Crippen LogP contribution in [0.25, 0.3) is 0 Å². The van der Waals surface area contributed by atoms with Crippen LogP contribution in [0.3, 0.4) is 0 Å². The highest BCUT2D eigenvalue weighted by molar-refractivity contribution is 5.08. The molecule has 0 radical (unpaired) electrons. The largest absolute Gasteiger partial charge is 0.380 e. The quantitative estimate of drug-likeness (QED) is 0.850. The summed E-state index contributed by atoms with van der Waals surface area (Å²) < 4.78 is 10.7. The van der Waals surface area contributed by atoms with Gasteiger partial charge in [-0.15, -0.1) is 0 Å². The summed E-state index contributed by atoms with van der Waals surface area (Å²) in [4.78, 5) is 0. The molecule has 1 aromatic heterocycles. The maximum absolute atomic E-state index is 5.41. The Kier molecular flexibility index (Phi) is 3.96. The molecule has 4 nitrogen and oxygen atoms in total. The van der Waals surface area contributed by atoms with E-state index in [0.29, 0.717) is 12.0 Å². The molecular formula is C12H20N2O2. The van der Waals surface area contributed by atoms with E-state index in [1.54, 1.807) is 0 Å². The molecule has 1 saturated heterocycles. The van der Waals surface area contributed by atoms with Crippen molar-refractivity contribution in [3.63, 3.8) is 0 Å². The molecule has 90 valence electrons. The summed E-state index contributed by atoms with van der Waals surface area (Å²) in [5, 5.41) is 7.49. The van der Waals surface area contributed by atoms with Gasteiger partial charge in [0.15, 0.2) is 0 Å². The van der Waals surface area contributed by atoms with Crippen LogP contribution in [0.2, 0.25) is 0 Å². The predicted octanol–water partition coefficient (Wildman–Crippen LogP) is 2.07. The number of ether oxygens (including phenoxy) is 1. The first kappa shape index (κ1) is 11.6. The van der Waals surface area contributed by atoms with Gasteiger partial charge >= 0.3 is 0 Å². The Morgan fingerprint density at radius 3 is 3.06 bits per heavy atom. The van der Waals surface area contributed by atoms with Gasteiger partial charge in [-0.2, -0.15) is 0 Å². The summed E-state index contributed by atoms with van der Waals surface area (Å²) in [6.07, 6.45) is 2.34. The van der Waals surface area contributed by atoms with Crippen LogP contribution < -0.4 is 5.32 Å². The third-order valence-corrected chi connectivity index (χ3v) is 2.88. The van der Waals surface area contributed by atoms with E-state index in [-0.39, 0.29) is 0 Å². The van der Waals surface area contributed by atoms with Crippen molar-refractivity contribution in [1.29, 1.82) is 0 Å². The maximum Gasteiger partial charge on any atom is 0.139 e. The van der Waals surface area contributed by atoms with Crippen LogP contribution in [0.5, 0.6) is 0 Å². The molecule has 0 spiro atoms. The number of hydrogen-bond donors (Lipinski definition) is 1. The van der Waals surface area contributed by atoms with Gasteiger partial charge in [-0.05, 0) is 12.8 Å². The van der Waals surface area contributed by atoms with Crippen LogP contribution in [0.15, 0.2) is 10.6 Å². The van der Waals surface area contributed by atoms with E-state index in [0.717, 1.165) is 37.6 Å². The highest BCUT2D eigenvalue weighted by Gasteiger charge is 2.14. The summed E-state index contributed by atoms with van der Waals surface area (Å²) in [7, 11) is 0. The van der Waals surface area contributed by atoms with E-state index in [9.17, 15) is 0 Å². The Labute approximate surface area is 96.3 Å². The van der Waals surface area contributed by atoms with E-state index in [1.165, 1.54) is 6.42 Å². The van der Waals surface area contributed by atoms with Crippen LogP contribution in [0, 0.1) is 0 Å². The molecule has 4 heteroatoms. The molecule has 1 N–H and O–H groups in total. The van der Waals surface area contributed by atoms with E-state index in [1.807, 2.05) is 6.07 Å². The first-order valence-corrected chi connectivity index (χ1v) is 6.02. The fraction of sp³-hybridized carbons (Fsp3) is 0.750. The Morgan fingerprint density at radius 1 is 1.56 bits per heavy atom. The van der Waals surface area contributed by atoms with E-state index in [4.69, 9.17) is 9.26 Å². The van der Waals surface area contributed by atoms with Crippen LogP contribution in [0.4, 0.5) is 0 Å². The number of nitrogens with zero attached hydrogens (tertiary/aromatic N) is 1. The van der Waals surface area contributed by atoms with Gasteiger partial charge in [-0.3, -0.25) is 0 Å². The second kappa shape index (κ2) is 5.46. The maximum atomic E-state index is 5.41. The molecule has 2 heterocycles. The number of hydrogen-bond acceptors (Lipinski definition) is 4. The van der Waals surface area contributed by atoms with E-state index >= 15 is 0 Å². The predicted molar refractivity (Wildman–Crippen MR) is 61.3 cm³/mol. The smallest absolute Gasteiger partial charge is 0.139 e. The second-order valence-electron chi connectivity index (χ2n) is 4.67. The van der Waals surface area contributed by atoms with Crippen LogP contribution in [-0.2, 0) is 11.3 Å². The van der Waals surface area contributed by atoms with Crippen molar-refractivity contribution in [1.82, 2.24) is 10.5 Å². The van der Waals surface area contributed by atoms with E-state index < -0.39 is 0 Å². The monoisotopic (exact) mass is 224 g/mol. The summed E-state index contributed by atoms with van der Waals surface area (Å²) in [5.74, 6) is 1.36. The minimum atomic E-state index is 0.402. The fourth-order valence-electron chi connectivity index (χ4n) is 1.83. The molecule has 1 aromatic rings. The molecule has 1 aliphatic heterocycles. The zero-order chi connectivity index (χ0) is 11.4. The van der Waals surface area contributed by atoms with Gasteiger partial charge in [0, 0.05) is 31.2 Å². The molecule has 0 aromatic carbocycles. The van der Waals surface area contributed by atoms with Crippen molar-refractivity contribution in [2.45, 2.75) is 45.2 Å². The standard InChI is InChI=1S/C12H20N2O2/c1-9(2)12-6-11(14-16-12)7-13-10-4-3-5-15-8-10/h6,9-10,13H,3-5,7-8H2,1-2H3. The molecule has 0 aliphatic carbocycles. The van der Waals surface area contributed by atoms with Gasteiger partial charge < -0.3 is 14.6 Å². The van der Waals surface area contributed by atoms with Crippen molar-refractivity contribution >= 4 is 0 Å². The lowest BCUT2D eigenvalue weighted by Crippen LogP contribution is -2.36. The van der Waals surface area contributed by atoms with Crippen molar-refractivity contribution in [2.24, 2.45) is 0 Å². The lowest BCUT2D eigenvalue weighted by Gasteiger charge is -2.22. The molecular weight excluding hydrogens is 204 g/mol. The van der Waals surface area contributed by atoms with Gasteiger partial charge in [0.1, 0.15) is 5.76 Å². The molecule has 1 aliphatic rings. The average molecular weight is 224 g/mol. The molecule has 1 unspecified atom stereocenters. The normalized spacial score (nSPS) is 21.6. The van der Waals surface area contributed by atoms with Crippen LogP contribution in [0.1, 0.15) is 44.1 Å². The van der Waals surface area contributed by atoms with Gasteiger partial charge in [0.2, 0.25) is 0 Å². The average Bonchev–Trinajstić information content (AvgIpc) is 2.76. The number of rotatable bonds is 4. The molecule has 16 heavy (non-hydrogen) atoms. The van der Waals surface area contributed by atoms with Gasteiger partial charge in [0.05, 0.1) is 12.3 Å². The van der Waals surface area contributed by atoms with Crippen molar-refractivity contribution in [3.8, 4) is 0 Å². The molecule has 1 atom stereocenters. The Bertz CT molecular complexity index is 317. The first-order valence-electron chi connectivity index (χ1n) is 6.02. The SMILES string of the molecule is CC(C)c1cc(CNC2CCCOC2)no1. The second-order valence-corrected chi connectivity index (χ2v) is 4.67. The molecule has 0 amide bonds. The van der Waals surface area contributed by atoms with Crippen molar-refractivity contribution in [3.05, 3.63) is 17.5 Å². The zero-order valence-electron chi connectivity index (χ0n) is 10.0. The lowest BCUT2D eigenvalue weighted by atomic mass is 10.1. The molecule has 2 rings (SSSR count). The summed E-state index contributed by atoms with van der Waals surface area (Å²) in [5.41, 5.74) is 0.981. The van der Waals surface area contributed by atoms with Gasteiger partial charge in [-0.25, -0.2) is 0 Å². The van der Waals surface area contributed by atoms with Crippen LogP contribution in [-0.4, -0.2) is 24.4 Å². The van der Waals surface area contributed by atoms with Gasteiger partial charge in [0.25, 0.3) is 0 Å². The van der Waals surface area contributed by atoms with Crippen LogP contribution >= 0.6 is 0 Å². The fourth-order valence-corrected chi connectivity index (χ4v) is 1.83. The Balaban J connectivity index is 1.79. The highest BCUT2D eigenvalue weighted by atomic mass is 16.5. The first-order chi connectivity index (χ1) is 7.75. The Morgan fingerprint density at radius 2 is 2.44 bits per heavy atom. The van der Waals surface area contributed by atoms with Crippen molar-refractivity contribution < 1.29 is 9.26 Å². The zero-order valence-corrected chi connectivity index (χ0v) is 10.0. The number of aromatic nitrogens is 1. The van der Waals surface area contributed by atoms with Gasteiger partial charge in [-0.1, -0.05) is 19.0 Å². The summed E-state index contributed by atoms with van der Waals surface area (Å²) >= 11 is 0. The third-order valence-electron chi connectivity index (χ3n) is 2.88. The minimum Gasteiger partial charge on any atom is -0.380 e. The lowest BCUT2D eigenvalue weighted by molar-refractivity contribution is 0.0697. The number of nitrogens with one attached hydrogen (secondary N) is 1. The summed E-state index contributed by atoms with van der Waals surface area (Å²) in [6, 6.07) is 2.49. The summed E-state index contributed by atoms with van der Waals surface area (Å²) in [6.45, 7) is 6.69. The minimum absolute atomic E-state index is 0.402. The van der Waals surface area contributed by atoms with Crippen molar-refractivity contribution in [2.75, 3.05) is 13.2 Å². The highest BCUT2D eigenvalue weighted by Crippen LogP contribution is 2.15. The third kappa shape index (κ3) is 3.06. The Hall–Kier alpha value is -0.870. The molecule has 0 bridgehead atoms. The topological polar surface area (TPSA) is 47.3 Å².